The number of nitrogen functional groups attached to an aromatic ring is 1. The van der Waals surface area contributed by atoms with Gasteiger partial charge in [0.05, 0.1) is 32.2 Å². The summed E-state index contributed by atoms with van der Waals surface area (Å²) >= 11 is 0. The number of esters is 2. The van der Waals surface area contributed by atoms with Crippen LogP contribution < -0.4 is 15.9 Å². The van der Waals surface area contributed by atoms with Gasteiger partial charge in [-0.1, -0.05) is 53.4 Å². The molecule has 2 heterocycles. The van der Waals surface area contributed by atoms with Crippen LogP contribution in [0.15, 0.2) is 12.7 Å². The molecule has 242 valence electrons. The van der Waals surface area contributed by atoms with E-state index < -0.39 is 36.6 Å². The molecular formula is C29H50N7O6P. The van der Waals surface area contributed by atoms with Crippen LogP contribution in [0.5, 0.6) is 0 Å². The Hall–Kier alpha value is -2.60. The molecule has 0 bridgehead atoms. The summed E-state index contributed by atoms with van der Waals surface area (Å²) in [5.41, 5.74) is 4.52. The summed E-state index contributed by atoms with van der Waals surface area (Å²) < 4.78 is 33.7. The van der Waals surface area contributed by atoms with Gasteiger partial charge in [-0.15, -0.1) is 0 Å². The normalized spacial score (nSPS) is 16.8. The highest BCUT2D eigenvalue weighted by Crippen LogP contribution is 2.49. The van der Waals surface area contributed by atoms with E-state index in [1.54, 1.807) is 24.7 Å². The zero-order valence-electron chi connectivity index (χ0n) is 26.7. The Morgan fingerprint density at radius 3 is 2.23 bits per heavy atom. The Balaban J connectivity index is 1.75. The predicted molar refractivity (Wildman–Crippen MR) is 165 cm³/mol. The molecule has 0 radical (unpaired) electrons. The molecule has 0 saturated heterocycles. The minimum Gasteiger partial charge on any atom is -0.464 e. The average Bonchev–Trinajstić information content (AvgIpc) is 3.63. The number of nitrogens with zero attached hydrogens (tertiary/aromatic N) is 4. The van der Waals surface area contributed by atoms with Gasteiger partial charge in [0.25, 0.3) is 0 Å². The fourth-order valence-electron chi connectivity index (χ4n) is 4.77. The standard InChI is InChI=1S/C29H50N7O6P/c1-8-21(9-2)15-40-26(37)28(6,7)34-43(39,35-29(12-13-29)27(38)41-16-22(10-3)11-4)19-42-20(5)14-36-18-33-23-24(30)31-17-32-25(23)36/h17-18,20-22H,8-16,19H2,1-7H3,(H2,30,31,32)(H2,34,35,39)/t20-,43?/m1/s1. The molecule has 4 N–H and O–H groups in total. The van der Waals surface area contributed by atoms with Crippen molar-refractivity contribution in [1.82, 2.24) is 29.7 Å². The summed E-state index contributed by atoms with van der Waals surface area (Å²) in [7, 11) is -3.72. The van der Waals surface area contributed by atoms with Gasteiger partial charge in [-0.3, -0.25) is 14.2 Å². The number of hydrogen-bond acceptors (Lipinski definition) is 10. The quantitative estimate of drug-likeness (QED) is 0.149. The lowest BCUT2D eigenvalue weighted by atomic mass is 10.0. The van der Waals surface area contributed by atoms with Crippen LogP contribution in [-0.2, 0) is 34.9 Å². The first-order valence-corrected chi connectivity index (χ1v) is 17.3. The summed E-state index contributed by atoms with van der Waals surface area (Å²) in [6, 6.07) is 0. The van der Waals surface area contributed by atoms with E-state index in [2.05, 4.69) is 39.0 Å². The molecule has 43 heavy (non-hydrogen) atoms. The number of ether oxygens (including phenoxy) is 3. The minimum absolute atomic E-state index is 0.244. The van der Waals surface area contributed by atoms with Crippen molar-refractivity contribution in [1.29, 1.82) is 0 Å². The monoisotopic (exact) mass is 623 g/mol. The molecule has 3 rings (SSSR count). The molecule has 2 aromatic heterocycles. The van der Waals surface area contributed by atoms with Gasteiger partial charge in [-0.25, -0.2) is 25.1 Å². The predicted octanol–water partition coefficient (Wildman–Crippen LogP) is 4.41. The van der Waals surface area contributed by atoms with Crippen molar-refractivity contribution in [3.63, 3.8) is 0 Å². The third kappa shape index (κ3) is 9.20. The lowest BCUT2D eigenvalue weighted by Gasteiger charge is -2.33. The van der Waals surface area contributed by atoms with Crippen molar-refractivity contribution in [2.45, 2.75) is 111 Å². The first-order chi connectivity index (χ1) is 20.3. The molecule has 0 spiro atoms. The lowest BCUT2D eigenvalue weighted by Crippen LogP contribution is -2.51. The second kappa shape index (κ2) is 14.9. The van der Waals surface area contributed by atoms with Crippen molar-refractivity contribution in [2.24, 2.45) is 11.8 Å². The van der Waals surface area contributed by atoms with E-state index in [9.17, 15) is 14.2 Å². The van der Waals surface area contributed by atoms with Crippen LogP contribution in [0.25, 0.3) is 11.2 Å². The third-order valence-corrected chi connectivity index (χ3v) is 10.4. The van der Waals surface area contributed by atoms with E-state index in [1.807, 2.05) is 20.8 Å². The fourth-order valence-corrected chi connectivity index (χ4v) is 7.42. The van der Waals surface area contributed by atoms with Crippen LogP contribution in [-0.4, -0.2) is 68.2 Å². The maximum Gasteiger partial charge on any atom is 0.326 e. The molecule has 13 nitrogen and oxygen atoms in total. The van der Waals surface area contributed by atoms with Crippen LogP contribution in [0.4, 0.5) is 5.82 Å². The number of nitrogens with two attached hydrogens (primary N) is 1. The second-order valence-electron chi connectivity index (χ2n) is 12.2. The number of carbonyl (C=O) groups excluding carboxylic acids is 2. The maximum absolute atomic E-state index is 14.5. The SMILES string of the molecule is CCC(CC)COC(=O)C(C)(C)NP(=O)(CO[C@H](C)Cn1cnc2c(N)ncnc21)NC1(C(=O)OCC(CC)CC)CC1. The van der Waals surface area contributed by atoms with E-state index in [-0.39, 0.29) is 30.6 Å². The number of nitrogens with one attached hydrogen (secondary N) is 2. The molecule has 1 aliphatic rings. The van der Waals surface area contributed by atoms with Gasteiger partial charge in [0, 0.05) is 0 Å². The Morgan fingerprint density at radius 2 is 1.65 bits per heavy atom. The highest BCUT2D eigenvalue weighted by Gasteiger charge is 2.56. The Bertz CT molecular complexity index is 1240. The van der Waals surface area contributed by atoms with E-state index in [4.69, 9.17) is 19.9 Å². The van der Waals surface area contributed by atoms with Crippen LogP contribution >= 0.6 is 7.44 Å². The van der Waals surface area contributed by atoms with Gasteiger partial charge < -0.3 is 24.5 Å². The number of imidazole rings is 1. The summed E-state index contributed by atoms with van der Waals surface area (Å²) in [5, 5.41) is 6.07. The van der Waals surface area contributed by atoms with Gasteiger partial charge in [-0.2, -0.15) is 0 Å². The highest BCUT2D eigenvalue weighted by molar-refractivity contribution is 7.59. The number of rotatable bonds is 19. The molecule has 2 atom stereocenters. The molecule has 1 aliphatic carbocycles. The molecule has 2 aromatic rings. The average molecular weight is 624 g/mol. The molecule has 14 heteroatoms. The van der Waals surface area contributed by atoms with E-state index >= 15 is 0 Å². The highest BCUT2D eigenvalue weighted by atomic mass is 31.2. The Kier molecular flexibility index (Phi) is 12.1. The number of fused-ring (bicyclic) bond motifs is 1. The smallest absolute Gasteiger partial charge is 0.326 e. The molecule has 1 unspecified atom stereocenters. The zero-order chi connectivity index (χ0) is 31.8. The number of hydrogen-bond donors (Lipinski definition) is 3. The fraction of sp³-hybridized carbons (Fsp3) is 0.759. The summed E-state index contributed by atoms with van der Waals surface area (Å²) in [5.74, 6) is -0.186. The number of anilines is 1. The topological polar surface area (TPSA) is 173 Å². The van der Waals surface area contributed by atoms with Crippen molar-refractivity contribution in [3.8, 4) is 0 Å². The van der Waals surface area contributed by atoms with Gasteiger partial charge in [0.1, 0.15) is 29.3 Å². The van der Waals surface area contributed by atoms with E-state index in [0.717, 1.165) is 25.7 Å². The van der Waals surface area contributed by atoms with Crippen LogP contribution in [0.2, 0.25) is 0 Å². The molecule has 1 saturated carbocycles. The van der Waals surface area contributed by atoms with Crippen molar-refractivity contribution >= 4 is 36.4 Å². The number of carbonyl (C=O) groups is 2. The van der Waals surface area contributed by atoms with Crippen molar-refractivity contribution in [2.75, 3.05) is 25.3 Å². The summed E-state index contributed by atoms with van der Waals surface area (Å²) in [6.45, 7) is 14.2. The zero-order valence-corrected chi connectivity index (χ0v) is 27.6. The second-order valence-corrected chi connectivity index (χ2v) is 14.4. The molecule has 0 aromatic carbocycles. The summed E-state index contributed by atoms with van der Waals surface area (Å²) in [6.07, 6.45) is 6.74. The largest absolute Gasteiger partial charge is 0.464 e. The minimum atomic E-state index is -3.72. The molecule has 0 amide bonds. The Labute approximate surface area is 254 Å². The van der Waals surface area contributed by atoms with Crippen LogP contribution in [0.1, 0.15) is 87.0 Å². The molecule has 0 aliphatic heterocycles. The first kappa shape index (κ1) is 34.9. The van der Waals surface area contributed by atoms with E-state index in [0.29, 0.717) is 37.2 Å². The third-order valence-electron chi connectivity index (χ3n) is 8.14. The van der Waals surface area contributed by atoms with Crippen molar-refractivity contribution < 1.29 is 28.4 Å². The molecular weight excluding hydrogens is 573 g/mol. The van der Waals surface area contributed by atoms with Crippen molar-refractivity contribution in [3.05, 3.63) is 12.7 Å². The first-order valence-electron chi connectivity index (χ1n) is 15.4. The Morgan fingerprint density at radius 1 is 1.05 bits per heavy atom. The molecule has 1 fully saturated rings. The van der Waals surface area contributed by atoms with E-state index in [1.165, 1.54) is 6.33 Å². The summed E-state index contributed by atoms with van der Waals surface area (Å²) in [4.78, 5) is 38.8. The van der Waals surface area contributed by atoms with Gasteiger partial charge in [0.2, 0.25) is 7.44 Å². The van der Waals surface area contributed by atoms with Crippen LogP contribution in [0, 0.1) is 11.8 Å². The lowest BCUT2D eigenvalue weighted by molar-refractivity contribution is -0.151. The van der Waals surface area contributed by atoms with Gasteiger partial charge >= 0.3 is 11.9 Å². The maximum atomic E-state index is 14.5. The van der Waals surface area contributed by atoms with Gasteiger partial charge in [0.15, 0.2) is 11.5 Å². The number of aromatic nitrogens is 4. The van der Waals surface area contributed by atoms with Gasteiger partial charge in [-0.05, 0) is 45.4 Å². The van der Waals surface area contributed by atoms with Crippen LogP contribution in [0.3, 0.4) is 0 Å².